The van der Waals surface area contributed by atoms with Gasteiger partial charge in [-0.05, 0) is 32.6 Å². The SMILES string of the molecule is CCc1nn(CC)c(CNC(C)CC2CC2)c1Cl. The monoisotopic (exact) mass is 269 g/mol. The van der Waals surface area contributed by atoms with Gasteiger partial charge in [-0.1, -0.05) is 31.4 Å². The highest BCUT2D eigenvalue weighted by Gasteiger charge is 2.23. The fourth-order valence-electron chi connectivity index (χ4n) is 2.39. The van der Waals surface area contributed by atoms with Crippen molar-refractivity contribution in [2.45, 2.75) is 65.6 Å². The van der Waals surface area contributed by atoms with Crippen molar-refractivity contribution in [1.82, 2.24) is 15.1 Å². The number of nitrogens with zero attached hydrogens (tertiary/aromatic N) is 2. The summed E-state index contributed by atoms with van der Waals surface area (Å²) in [4.78, 5) is 0. The lowest BCUT2D eigenvalue weighted by Crippen LogP contribution is -2.27. The summed E-state index contributed by atoms with van der Waals surface area (Å²) in [5.41, 5.74) is 2.16. The third-order valence-corrected chi connectivity index (χ3v) is 4.13. The van der Waals surface area contributed by atoms with Gasteiger partial charge < -0.3 is 5.32 Å². The fraction of sp³-hybridized carbons (Fsp3) is 0.786. The van der Waals surface area contributed by atoms with Gasteiger partial charge in [-0.2, -0.15) is 5.10 Å². The quantitative estimate of drug-likeness (QED) is 0.822. The summed E-state index contributed by atoms with van der Waals surface area (Å²) in [6, 6.07) is 0.568. The van der Waals surface area contributed by atoms with Crippen LogP contribution >= 0.6 is 11.6 Å². The molecule has 1 aromatic rings. The highest BCUT2D eigenvalue weighted by Crippen LogP contribution is 2.33. The van der Waals surface area contributed by atoms with Crippen LogP contribution in [-0.4, -0.2) is 15.8 Å². The Bertz CT molecular complexity index is 396. The lowest BCUT2D eigenvalue weighted by atomic mass is 10.1. The van der Waals surface area contributed by atoms with Crippen molar-refractivity contribution in [1.29, 1.82) is 0 Å². The summed E-state index contributed by atoms with van der Waals surface area (Å²) in [6.45, 7) is 8.18. The van der Waals surface area contributed by atoms with E-state index in [-0.39, 0.29) is 0 Å². The average molecular weight is 270 g/mol. The van der Waals surface area contributed by atoms with Gasteiger partial charge in [0, 0.05) is 19.1 Å². The zero-order valence-electron chi connectivity index (χ0n) is 11.7. The van der Waals surface area contributed by atoms with Crippen molar-refractivity contribution < 1.29 is 0 Å². The molecular weight excluding hydrogens is 246 g/mol. The van der Waals surface area contributed by atoms with Crippen molar-refractivity contribution in [3.8, 4) is 0 Å². The van der Waals surface area contributed by atoms with E-state index in [0.29, 0.717) is 6.04 Å². The van der Waals surface area contributed by atoms with Crippen molar-refractivity contribution >= 4 is 11.6 Å². The van der Waals surface area contributed by atoms with Crippen molar-refractivity contribution in [3.05, 3.63) is 16.4 Å². The molecule has 18 heavy (non-hydrogen) atoms. The molecule has 1 heterocycles. The van der Waals surface area contributed by atoms with E-state index in [1.165, 1.54) is 19.3 Å². The summed E-state index contributed by atoms with van der Waals surface area (Å²) in [5, 5.41) is 8.97. The van der Waals surface area contributed by atoms with Crippen molar-refractivity contribution in [2.24, 2.45) is 5.92 Å². The Balaban J connectivity index is 1.96. The summed E-state index contributed by atoms with van der Waals surface area (Å²) < 4.78 is 2.03. The number of halogens is 1. The molecule has 1 atom stereocenters. The number of hydrogen-bond acceptors (Lipinski definition) is 2. The van der Waals surface area contributed by atoms with Crippen LogP contribution in [0.3, 0.4) is 0 Å². The molecule has 1 fully saturated rings. The number of aryl methyl sites for hydroxylation is 2. The molecular formula is C14H24ClN3. The predicted octanol–water partition coefficient (Wildman–Crippen LogP) is 3.40. The van der Waals surface area contributed by atoms with E-state index in [9.17, 15) is 0 Å². The number of aromatic nitrogens is 2. The molecule has 1 aliphatic carbocycles. The Morgan fingerprint density at radius 2 is 2.17 bits per heavy atom. The Morgan fingerprint density at radius 3 is 2.72 bits per heavy atom. The number of nitrogens with one attached hydrogen (secondary N) is 1. The van der Waals surface area contributed by atoms with Gasteiger partial charge >= 0.3 is 0 Å². The largest absolute Gasteiger partial charge is 0.309 e. The standard InChI is InChI=1S/C14H24ClN3/c1-4-12-14(15)13(18(5-2)17-12)9-16-10(3)8-11-6-7-11/h10-11,16H,4-9H2,1-3H3. The van der Waals surface area contributed by atoms with E-state index >= 15 is 0 Å². The Kier molecular flexibility index (Phi) is 4.68. The summed E-state index contributed by atoms with van der Waals surface area (Å²) in [7, 11) is 0. The highest BCUT2D eigenvalue weighted by molar-refractivity contribution is 6.31. The Labute approximate surface area is 115 Å². The lowest BCUT2D eigenvalue weighted by molar-refractivity contribution is 0.471. The molecule has 2 rings (SSSR count). The smallest absolute Gasteiger partial charge is 0.0863 e. The summed E-state index contributed by atoms with van der Waals surface area (Å²) in [5.74, 6) is 0.963. The van der Waals surface area contributed by atoms with Crippen LogP contribution < -0.4 is 5.32 Å². The summed E-state index contributed by atoms with van der Waals surface area (Å²) >= 11 is 6.39. The maximum atomic E-state index is 6.39. The Morgan fingerprint density at radius 1 is 1.44 bits per heavy atom. The van der Waals surface area contributed by atoms with Crippen LogP contribution in [0, 0.1) is 5.92 Å². The molecule has 0 bridgehead atoms. The van der Waals surface area contributed by atoms with E-state index in [1.54, 1.807) is 0 Å². The van der Waals surface area contributed by atoms with Crippen LogP contribution in [-0.2, 0) is 19.5 Å². The van der Waals surface area contributed by atoms with Crippen LogP contribution in [0.1, 0.15) is 51.4 Å². The first-order chi connectivity index (χ1) is 8.65. The first-order valence-corrected chi connectivity index (χ1v) is 7.50. The van der Waals surface area contributed by atoms with Gasteiger partial charge in [0.15, 0.2) is 0 Å². The van der Waals surface area contributed by atoms with E-state index in [2.05, 4.69) is 31.2 Å². The van der Waals surface area contributed by atoms with Crippen LogP contribution in [0.5, 0.6) is 0 Å². The van der Waals surface area contributed by atoms with Gasteiger partial charge in [-0.25, -0.2) is 0 Å². The second-order valence-corrected chi connectivity index (χ2v) is 5.72. The van der Waals surface area contributed by atoms with Crippen LogP contribution in [0.4, 0.5) is 0 Å². The van der Waals surface area contributed by atoms with Gasteiger partial charge in [-0.3, -0.25) is 4.68 Å². The van der Waals surface area contributed by atoms with Crippen LogP contribution in [0.15, 0.2) is 0 Å². The summed E-state index contributed by atoms with van der Waals surface area (Å²) in [6.07, 6.45) is 5.02. The third kappa shape index (κ3) is 3.27. The highest BCUT2D eigenvalue weighted by atomic mass is 35.5. The maximum absolute atomic E-state index is 6.39. The molecule has 1 aromatic heterocycles. The van der Waals surface area contributed by atoms with E-state index < -0.39 is 0 Å². The minimum Gasteiger partial charge on any atom is -0.309 e. The molecule has 1 N–H and O–H groups in total. The molecule has 0 saturated heterocycles. The predicted molar refractivity (Wildman–Crippen MR) is 75.9 cm³/mol. The van der Waals surface area contributed by atoms with Gasteiger partial charge in [-0.15, -0.1) is 0 Å². The minimum atomic E-state index is 0.568. The van der Waals surface area contributed by atoms with Gasteiger partial charge in [0.25, 0.3) is 0 Å². The minimum absolute atomic E-state index is 0.568. The molecule has 0 radical (unpaired) electrons. The van der Waals surface area contributed by atoms with Crippen molar-refractivity contribution in [3.63, 3.8) is 0 Å². The molecule has 3 nitrogen and oxygen atoms in total. The zero-order valence-corrected chi connectivity index (χ0v) is 12.4. The van der Waals surface area contributed by atoms with Gasteiger partial charge in [0.05, 0.1) is 16.4 Å². The van der Waals surface area contributed by atoms with Crippen LogP contribution in [0.2, 0.25) is 5.02 Å². The molecule has 0 aliphatic heterocycles. The fourth-order valence-corrected chi connectivity index (χ4v) is 2.73. The molecule has 1 saturated carbocycles. The number of rotatable bonds is 7. The molecule has 102 valence electrons. The van der Waals surface area contributed by atoms with Gasteiger partial charge in [0.1, 0.15) is 0 Å². The Hall–Kier alpha value is -0.540. The zero-order chi connectivity index (χ0) is 13.1. The normalized spacial score (nSPS) is 17.1. The van der Waals surface area contributed by atoms with Gasteiger partial charge in [0.2, 0.25) is 0 Å². The first-order valence-electron chi connectivity index (χ1n) is 7.13. The van der Waals surface area contributed by atoms with E-state index in [4.69, 9.17) is 11.6 Å². The first kappa shape index (κ1) is 13.9. The molecule has 0 spiro atoms. The van der Waals surface area contributed by atoms with E-state index in [0.717, 1.165) is 41.8 Å². The topological polar surface area (TPSA) is 29.9 Å². The van der Waals surface area contributed by atoms with E-state index in [1.807, 2.05) is 4.68 Å². The number of hydrogen-bond donors (Lipinski definition) is 1. The average Bonchev–Trinajstić information content (AvgIpc) is 3.10. The van der Waals surface area contributed by atoms with Crippen LogP contribution in [0.25, 0.3) is 0 Å². The molecule has 4 heteroatoms. The third-order valence-electron chi connectivity index (χ3n) is 3.70. The second-order valence-electron chi connectivity index (χ2n) is 5.34. The molecule has 0 amide bonds. The second kappa shape index (κ2) is 6.07. The molecule has 0 aromatic carbocycles. The molecule has 1 aliphatic rings. The lowest BCUT2D eigenvalue weighted by Gasteiger charge is -2.14. The van der Waals surface area contributed by atoms with Crippen molar-refractivity contribution in [2.75, 3.05) is 0 Å². The maximum Gasteiger partial charge on any atom is 0.0863 e. The molecule has 1 unspecified atom stereocenters.